The predicted octanol–water partition coefficient (Wildman–Crippen LogP) is 13.2. The Bertz CT molecular complexity index is 2060. The molecule has 0 spiro atoms. The number of ether oxygens (including phenoxy) is 1. The minimum absolute atomic E-state index is 0.155. The zero-order chi connectivity index (χ0) is 33.7. The average Bonchev–Trinajstić information content (AvgIpc) is 3.09. The van der Waals surface area contributed by atoms with E-state index in [0.29, 0.717) is 0 Å². The van der Waals surface area contributed by atoms with Crippen molar-refractivity contribution in [3.8, 4) is 11.5 Å². The predicted molar refractivity (Wildman–Crippen MR) is 205 cm³/mol. The molecule has 49 heavy (non-hydrogen) atoms. The van der Waals surface area contributed by atoms with Gasteiger partial charge in [-0.3, -0.25) is 0 Å². The summed E-state index contributed by atoms with van der Waals surface area (Å²) in [6, 6.07) is 46.8. The molecule has 0 saturated carbocycles. The number of rotatable bonds is 3. The van der Waals surface area contributed by atoms with Gasteiger partial charge in [-0.05, 0) is 58.7 Å². The Hall–Kier alpha value is -4.38. The van der Waals surface area contributed by atoms with E-state index in [1.54, 1.807) is 0 Å². The second-order valence-electron chi connectivity index (χ2n) is 15.0. The molecule has 3 aliphatic heterocycles. The highest BCUT2D eigenvalue weighted by Crippen LogP contribution is 2.60. The minimum atomic E-state index is -0.233. The van der Waals surface area contributed by atoms with E-state index in [9.17, 15) is 0 Å². The molecular formula is C45H39NOS2. The van der Waals surface area contributed by atoms with Gasteiger partial charge in [-0.25, -0.2) is 0 Å². The first-order valence-corrected chi connectivity index (χ1v) is 18.7. The van der Waals surface area contributed by atoms with E-state index in [2.05, 4.69) is 174 Å². The van der Waals surface area contributed by atoms with Crippen molar-refractivity contribution in [2.45, 2.75) is 77.4 Å². The highest BCUT2D eigenvalue weighted by Gasteiger charge is 2.41. The number of benzene rings is 6. The van der Waals surface area contributed by atoms with E-state index in [1.165, 1.54) is 64.3 Å². The summed E-state index contributed by atoms with van der Waals surface area (Å²) in [6.07, 6.45) is 0. The van der Waals surface area contributed by atoms with Crippen molar-refractivity contribution in [2.24, 2.45) is 0 Å². The summed E-state index contributed by atoms with van der Waals surface area (Å²) in [5, 5.41) is 0. The summed E-state index contributed by atoms with van der Waals surface area (Å²) in [6.45, 7) is 14.1. The first-order valence-electron chi connectivity index (χ1n) is 17.1. The van der Waals surface area contributed by atoms with E-state index in [4.69, 9.17) is 4.74 Å². The lowest BCUT2D eigenvalue weighted by atomic mass is 9.75. The van der Waals surface area contributed by atoms with Gasteiger partial charge in [0, 0.05) is 47.0 Å². The lowest BCUT2D eigenvalue weighted by Crippen LogP contribution is -2.28. The van der Waals surface area contributed by atoms with E-state index in [-0.39, 0.29) is 16.2 Å². The Morgan fingerprint density at radius 3 is 1.37 bits per heavy atom. The minimum Gasteiger partial charge on any atom is -0.455 e. The summed E-state index contributed by atoms with van der Waals surface area (Å²) in [7, 11) is 0. The second kappa shape index (κ2) is 10.8. The quantitative estimate of drug-likeness (QED) is 0.185. The lowest BCUT2D eigenvalue weighted by Gasteiger charge is -2.41. The van der Waals surface area contributed by atoms with Crippen molar-refractivity contribution in [1.82, 2.24) is 0 Å². The summed E-state index contributed by atoms with van der Waals surface area (Å²) in [5.41, 5.74) is 10.7. The van der Waals surface area contributed by atoms with Gasteiger partial charge in [0.25, 0.3) is 0 Å². The van der Waals surface area contributed by atoms with Crippen LogP contribution in [0.15, 0.2) is 147 Å². The van der Waals surface area contributed by atoms with Crippen LogP contribution in [0.25, 0.3) is 0 Å². The van der Waals surface area contributed by atoms with E-state index < -0.39 is 0 Å². The van der Waals surface area contributed by atoms with Crippen LogP contribution in [0, 0.1) is 0 Å². The molecule has 0 amide bonds. The van der Waals surface area contributed by atoms with Crippen molar-refractivity contribution >= 4 is 40.6 Å². The van der Waals surface area contributed by atoms with Gasteiger partial charge in [0.15, 0.2) is 5.75 Å². The molecule has 0 aliphatic carbocycles. The molecule has 2 nitrogen and oxygen atoms in total. The molecule has 4 heteroatoms. The molecule has 0 bridgehead atoms. The van der Waals surface area contributed by atoms with Crippen molar-refractivity contribution in [3.05, 3.63) is 161 Å². The van der Waals surface area contributed by atoms with Crippen LogP contribution < -0.4 is 9.64 Å². The van der Waals surface area contributed by atoms with Gasteiger partial charge in [0.1, 0.15) is 5.75 Å². The molecule has 9 rings (SSSR count). The topological polar surface area (TPSA) is 12.5 Å². The molecular weight excluding hydrogens is 635 g/mol. The molecule has 0 aromatic heterocycles. The molecule has 0 radical (unpaired) electrons. The van der Waals surface area contributed by atoms with Gasteiger partial charge in [0.2, 0.25) is 0 Å². The van der Waals surface area contributed by atoms with Gasteiger partial charge in [0.05, 0.1) is 17.1 Å². The first-order chi connectivity index (χ1) is 23.6. The van der Waals surface area contributed by atoms with Gasteiger partial charge in [-0.15, -0.1) is 0 Å². The summed E-state index contributed by atoms with van der Waals surface area (Å²) >= 11 is 3.78. The van der Waals surface area contributed by atoms with Crippen molar-refractivity contribution in [2.75, 3.05) is 4.90 Å². The molecule has 3 aliphatic rings. The maximum Gasteiger partial charge on any atom is 0.155 e. The van der Waals surface area contributed by atoms with Crippen LogP contribution in [-0.2, 0) is 16.2 Å². The second-order valence-corrected chi connectivity index (χ2v) is 17.1. The van der Waals surface area contributed by atoms with Gasteiger partial charge >= 0.3 is 0 Å². The standard InChI is InChI=1S/C45H39NOS2/c1-43(2)28-16-7-10-25-37(28)47-40-31(43)19-13-22-34(40)46(35-23-14-20-32-41(35)48-38-26-11-8-17-29(38)44(32,3)4)36-24-15-21-33-42(36)49-39-27-12-9-18-30(39)45(33,5)6/h7-27H,1-6H3. The number of nitrogens with zero attached hydrogens (tertiary/aromatic N) is 1. The highest BCUT2D eigenvalue weighted by atomic mass is 32.2. The van der Waals surface area contributed by atoms with Gasteiger partial charge in [-0.2, -0.15) is 0 Å². The maximum absolute atomic E-state index is 7.00. The van der Waals surface area contributed by atoms with Crippen LogP contribution in [0.3, 0.4) is 0 Å². The van der Waals surface area contributed by atoms with Crippen LogP contribution in [-0.4, -0.2) is 0 Å². The molecule has 0 N–H and O–H groups in total. The molecule has 0 atom stereocenters. The van der Waals surface area contributed by atoms with E-state index in [1.807, 2.05) is 23.5 Å². The van der Waals surface area contributed by atoms with Crippen LogP contribution in [0.5, 0.6) is 11.5 Å². The number of para-hydroxylation sites is 2. The highest BCUT2D eigenvalue weighted by molar-refractivity contribution is 8.00. The summed E-state index contributed by atoms with van der Waals surface area (Å²) in [4.78, 5) is 7.71. The van der Waals surface area contributed by atoms with Crippen LogP contribution in [0.2, 0.25) is 0 Å². The number of fused-ring (bicyclic) bond motifs is 6. The Morgan fingerprint density at radius 2 is 0.816 bits per heavy atom. The number of hydrogen-bond acceptors (Lipinski definition) is 4. The van der Waals surface area contributed by atoms with Crippen molar-refractivity contribution in [3.63, 3.8) is 0 Å². The Kier molecular flexibility index (Phi) is 6.76. The van der Waals surface area contributed by atoms with Gasteiger partial charge < -0.3 is 9.64 Å². The molecule has 0 unspecified atom stereocenters. The van der Waals surface area contributed by atoms with Crippen molar-refractivity contribution in [1.29, 1.82) is 0 Å². The Labute approximate surface area is 298 Å². The normalized spacial score (nSPS) is 16.9. The SMILES string of the molecule is CC1(C)c2ccccc2Oc2c(N(c3cccc4c3Sc3ccccc3C4(C)C)c3cccc4c3Sc3ccccc3C4(C)C)cccc21. The largest absolute Gasteiger partial charge is 0.455 e. The van der Waals surface area contributed by atoms with Crippen LogP contribution in [0.1, 0.15) is 74.9 Å². The first kappa shape index (κ1) is 30.7. The average molecular weight is 674 g/mol. The summed E-state index contributed by atoms with van der Waals surface area (Å²) in [5.74, 6) is 1.84. The van der Waals surface area contributed by atoms with E-state index in [0.717, 1.165) is 17.2 Å². The van der Waals surface area contributed by atoms with Crippen molar-refractivity contribution < 1.29 is 4.74 Å². The maximum atomic E-state index is 7.00. The Morgan fingerprint density at radius 1 is 0.408 bits per heavy atom. The molecule has 0 saturated heterocycles. The molecule has 6 aromatic carbocycles. The van der Waals surface area contributed by atoms with Crippen LogP contribution >= 0.6 is 23.5 Å². The monoisotopic (exact) mass is 673 g/mol. The van der Waals surface area contributed by atoms with Crippen LogP contribution in [0.4, 0.5) is 17.1 Å². The lowest BCUT2D eigenvalue weighted by molar-refractivity contribution is 0.419. The summed E-state index contributed by atoms with van der Waals surface area (Å²) < 4.78 is 7.00. The molecule has 242 valence electrons. The smallest absolute Gasteiger partial charge is 0.155 e. The zero-order valence-electron chi connectivity index (χ0n) is 28.8. The third-order valence-electron chi connectivity index (χ3n) is 11.0. The number of anilines is 3. The van der Waals surface area contributed by atoms with Gasteiger partial charge in [-0.1, -0.05) is 156 Å². The molecule has 3 heterocycles. The third-order valence-corrected chi connectivity index (χ3v) is 13.5. The zero-order valence-corrected chi connectivity index (χ0v) is 30.4. The fraction of sp³-hybridized carbons (Fsp3) is 0.200. The Balaban J connectivity index is 1.34. The number of hydrogen-bond donors (Lipinski definition) is 0. The fourth-order valence-electron chi connectivity index (χ4n) is 8.27. The molecule has 0 fully saturated rings. The fourth-order valence-corrected chi connectivity index (χ4v) is 11.3. The van der Waals surface area contributed by atoms with E-state index >= 15 is 0 Å². The third kappa shape index (κ3) is 4.43. The molecule has 6 aromatic rings.